The lowest BCUT2D eigenvalue weighted by Crippen LogP contribution is -2.05. The number of oxazole rings is 1. The van der Waals surface area contributed by atoms with E-state index in [-0.39, 0.29) is 0 Å². The minimum atomic E-state index is 0.717. The summed E-state index contributed by atoms with van der Waals surface area (Å²) in [5, 5.41) is 3.87. The molecule has 3 nitrogen and oxygen atoms in total. The van der Waals surface area contributed by atoms with Crippen molar-refractivity contribution in [2.75, 3.05) is 7.05 Å². The number of benzene rings is 1. The molecule has 0 fully saturated rings. The molecule has 96 valence electrons. The Balaban J connectivity index is 2.19. The summed E-state index contributed by atoms with van der Waals surface area (Å²) >= 11 is 1.58. The van der Waals surface area contributed by atoms with Crippen LogP contribution >= 0.6 is 11.8 Å². The Bertz CT molecular complexity index is 529. The van der Waals surface area contributed by atoms with Gasteiger partial charge >= 0.3 is 0 Å². The second kappa shape index (κ2) is 5.59. The first kappa shape index (κ1) is 13.2. The molecule has 1 N–H and O–H groups in total. The van der Waals surface area contributed by atoms with E-state index in [0.29, 0.717) is 0 Å². The Morgan fingerprint density at radius 3 is 2.61 bits per heavy atom. The van der Waals surface area contributed by atoms with Gasteiger partial charge in [0.2, 0.25) is 0 Å². The predicted molar refractivity (Wildman–Crippen MR) is 74.0 cm³/mol. The highest BCUT2D eigenvalue weighted by atomic mass is 32.2. The van der Waals surface area contributed by atoms with Crippen molar-refractivity contribution >= 4 is 11.8 Å². The summed E-state index contributed by atoms with van der Waals surface area (Å²) in [6.07, 6.45) is 0. The lowest BCUT2D eigenvalue weighted by molar-refractivity contribution is 0.431. The monoisotopic (exact) mass is 262 g/mol. The van der Waals surface area contributed by atoms with Crippen molar-refractivity contribution in [2.24, 2.45) is 0 Å². The van der Waals surface area contributed by atoms with Crippen molar-refractivity contribution < 1.29 is 4.42 Å². The van der Waals surface area contributed by atoms with E-state index in [2.05, 4.69) is 35.4 Å². The fraction of sp³-hybridized carbons (Fsp3) is 0.357. The van der Waals surface area contributed by atoms with Gasteiger partial charge in [-0.05, 0) is 56.8 Å². The molecule has 0 saturated heterocycles. The van der Waals surface area contributed by atoms with Gasteiger partial charge in [-0.1, -0.05) is 12.1 Å². The van der Waals surface area contributed by atoms with E-state index < -0.39 is 0 Å². The van der Waals surface area contributed by atoms with Crippen LogP contribution in [-0.4, -0.2) is 12.0 Å². The molecule has 4 heteroatoms. The molecule has 0 radical (unpaired) electrons. The second-order valence-corrected chi connectivity index (χ2v) is 5.35. The number of nitrogens with one attached hydrogen (secondary N) is 1. The molecule has 0 aliphatic heterocycles. The van der Waals surface area contributed by atoms with E-state index in [1.54, 1.807) is 11.8 Å². The van der Waals surface area contributed by atoms with Gasteiger partial charge in [-0.25, -0.2) is 4.98 Å². The lowest BCUT2D eigenvalue weighted by atomic mass is 10.1. The number of nitrogens with zero attached hydrogens (tertiary/aromatic N) is 1. The predicted octanol–water partition coefficient (Wildman–Crippen LogP) is 3.47. The van der Waals surface area contributed by atoms with Gasteiger partial charge in [0.1, 0.15) is 5.76 Å². The fourth-order valence-electron chi connectivity index (χ4n) is 1.72. The van der Waals surface area contributed by atoms with Crippen LogP contribution in [0.5, 0.6) is 0 Å². The van der Waals surface area contributed by atoms with Gasteiger partial charge in [0, 0.05) is 11.4 Å². The SMILES string of the molecule is CNCc1ccc(Sc2nc(C)c(C)o2)c(C)c1. The van der Waals surface area contributed by atoms with Gasteiger partial charge in [0.25, 0.3) is 5.22 Å². The minimum Gasteiger partial charge on any atom is -0.436 e. The molecule has 1 aromatic heterocycles. The quantitative estimate of drug-likeness (QED) is 0.915. The van der Waals surface area contributed by atoms with E-state index in [9.17, 15) is 0 Å². The van der Waals surface area contributed by atoms with E-state index in [4.69, 9.17) is 4.42 Å². The molecule has 1 aromatic carbocycles. The highest BCUT2D eigenvalue weighted by Crippen LogP contribution is 2.31. The van der Waals surface area contributed by atoms with Crippen LogP contribution < -0.4 is 5.32 Å². The molecule has 2 aromatic rings. The maximum atomic E-state index is 5.59. The van der Waals surface area contributed by atoms with Crippen molar-refractivity contribution in [3.05, 3.63) is 40.8 Å². The van der Waals surface area contributed by atoms with Crippen molar-refractivity contribution in [2.45, 2.75) is 37.4 Å². The Kier molecular flexibility index (Phi) is 4.09. The molecule has 0 spiro atoms. The first-order valence-corrected chi connectivity index (χ1v) is 6.78. The third-order valence-corrected chi connectivity index (χ3v) is 3.85. The molecule has 0 unspecified atom stereocenters. The maximum absolute atomic E-state index is 5.59. The molecule has 0 amide bonds. The largest absolute Gasteiger partial charge is 0.436 e. The van der Waals surface area contributed by atoms with Gasteiger partial charge in [-0.15, -0.1) is 0 Å². The first-order chi connectivity index (χ1) is 8.60. The number of aryl methyl sites for hydroxylation is 3. The molecular formula is C14H18N2OS. The van der Waals surface area contributed by atoms with Crippen molar-refractivity contribution in [1.29, 1.82) is 0 Å². The number of rotatable bonds is 4. The minimum absolute atomic E-state index is 0.717. The fourth-order valence-corrected chi connectivity index (χ4v) is 2.61. The molecule has 0 aliphatic rings. The molecule has 1 heterocycles. The zero-order valence-corrected chi connectivity index (χ0v) is 12.0. The zero-order chi connectivity index (χ0) is 13.1. The Morgan fingerprint density at radius 1 is 1.28 bits per heavy atom. The Morgan fingerprint density at radius 2 is 2.06 bits per heavy atom. The third kappa shape index (κ3) is 2.94. The molecule has 0 bridgehead atoms. The molecule has 2 rings (SSSR count). The zero-order valence-electron chi connectivity index (χ0n) is 11.2. The highest BCUT2D eigenvalue weighted by Gasteiger charge is 2.09. The topological polar surface area (TPSA) is 38.1 Å². The van der Waals surface area contributed by atoms with Crippen molar-refractivity contribution in [3.8, 4) is 0 Å². The van der Waals surface area contributed by atoms with Crippen LogP contribution in [0.1, 0.15) is 22.6 Å². The molecular weight excluding hydrogens is 244 g/mol. The van der Waals surface area contributed by atoms with Gasteiger partial charge in [0.15, 0.2) is 0 Å². The number of hydrogen-bond donors (Lipinski definition) is 1. The maximum Gasteiger partial charge on any atom is 0.261 e. The summed E-state index contributed by atoms with van der Waals surface area (Å²) in [4.78, 5) is 5.58. The summed E-state index contributed by atoms with van der Waals surface area (Å²) in [7, 11) is 1.95. The van der Waals surface area contributed by atoms with Gasteiger partial charge in [-0.2, -0.15) is 0 Å². The number of hydrogen-bond acceptors (Lipinski definition) is 4. The molecule has 0 aliphatic carbocycles. The Hall–Kier alpha value is -1.26. The third-order valence-electron chi connectivity index (χ3n) is 2.83. The average Bonchev–Trinajstić information content (AvgIpc) is 2.62. The highest BCUT2D eigenvalue weighted by molar-refractivity contribution is 7.99. The standard InChI is InChI=1S/C14H18N2OS/c1-9-7-12(8-15-4)5-6-13(9)18-14-16-10(2)11(3)17-14/h5-7,15H,8H2,1-4H3. The van der Waals surface area contributed by atoms with E-state index in [1.807, 2.05) is 20.9 Å². The van der Waals surface area contributed by atoms with Crippen molar-refractivity contribution in [3.63, 3.8) is 0 Å². The normalized spacial score (nSPS) is 10.9. The van der Waals surface area contributed by atoms with Crippen LogP contribution in [0.25, 0.3) is 0 Å². The second-order valence-electron chi connectivity index (χ2n) is 4.35. The van der Waals surface area contributed by atoms with Crippen LogP contribution in [0.3, 0.4) is 0 Å². The smallest absolute Gasteiger partial charge is 0.261 e. The number of aromatic nitrogens is 1. The summed E-state index contributed by atoms with van der Waals surface area (Å²) in [5.41, 5.74) is 3.50. The lowest BCUT2D eigenvalue weighted by Gasteiger charge is -2.06. The van der Waals surface area contributed by atoms with E-state index >= 15 is 0 Å². The van der Waals surface area contributed by atoms with Crippen LogP contribution in [-0.2, 0) is 6.54 Å². The molecule has 18 heavy (non-hydrogen) atoms. The summed E-state index contributed by atoms with van der Waals surface area (Å²) < 4.78 is 5.59. The summed E-state index contributed by atoms with van der Waals surface area (Å²) in [6.45, 7) is 6.91. The van der Waals surface area contributed by atoms with Gasteiger partial charge in [-0.3, -0.25) is 0 Å². The first-order valence-electron chi connectivity index (χ1n) is 5.96. The van der Waals surface area contributed by atoms with Crippen molar-refractivity contribution in [1.82, 2.24) is 10.3 Å². The van der Waals surface area contributed by atoms with E-state index in [1.165, 1.54) is 16.0 Å². The summed E-state index contributed by atoms with van der Waals surface area (Å²) in [5.74, 6) is 0.891. The molecule has 0 atom stereocenters. The van der Waals surface area contributed by atoms with E-state index in [0.717, 1.165) is 23.2 Å². The average molecular weight is 262 g/mol. The van der Waals surface area contributed by atoms with Crippen LogP contribution in [0.15, 0.2) is 32.7 Å². The summed E-state index contributed by atoms with van der Waals surface area (Å²) in [6, 6.07) is 6.46. The molecule has 0 saturated carbocycles. The van der Waals surface area contributed by atoms with Crippen LogP contribution in [0.2, 0.25) is 0 Å². The Labute approximate surface area is 112 Å². The van der Waals surface area contributed by atoms with Gasteiger partial charge in [0.05, 0.1) is 5.69 Å². The van der Waals surface area contributed by atoms with Gasteiger partial charge < -0.3 is 9.73 Å². The van der Waals surface area contributed by atoms with Crippen LogP contribution in [0.4, 0.5) is 0 Å². The van der Waals surface area contributed by atoms with Crippen LogP contribution in [0, 0.1) is 20.8 Å².